The second-order valence-electron chi connectivity index (χ2n) is 6.72. The van der Waals surface area contributed by atoms with E-state index in [9.17, 15) is 8.42 Å². The smallest absolute Gasteiger partial charge is 0.240 e. The standard InChI is InChI=1S/C18H30N4O4S/c1-18(8-5-10-26-18)14-21-17(19-2)20-13-15-6-4-7-16(12-15)27(23,24)22-9-11-25-3/h4,6-7,12,22H,5,8-11,13-14H2,1-3H3,(H2,19,20,21). The summed E-state index contributed by atoms with van der Waals surface area (Å²) in [7, 11) is -0.318. The van der Waals surface area contributed by atoms with Gasteiger partial charge in [-0.25, -0.2) is 13.1 Å². The van der Waals surface area contributed by atoms with Crippen molar-refractivity contribution in [2.24, 2.45) is 4.99 Å². The van der Waals surface area contributed by atoms with Crippen LogP contribution in [0.25, 0.3) is 0 Å². The van der Waals surface area contributed by atoms with E-state index >= 15 is 0 Å². The first-order valence-electron chi connectivity index (χ1n) is 9.04. The highest BCUT2D eigenvalue weighted by Crippen LogP contribution is 2.23. The fourth-order valence-electron chi connectivity index (χ4n) is 2.84. The van der Waals surface area contributed by atoms with Crippen molar-refractivity contribution in [1.82, 2.24) is 15.4 Å². The van der Waals surface area contributed by atoms with Gasteiger partial charge < -0.3 is 20.1 Å². The molecule has 0 radical (unpaired) electrons. The monoisotopic (exact) mass is 398 g/mol. The third-order valence-electron chi connectivity index (χ3n) is 4.42. The van der Waals surface area contributed by atoms with Gasteiger partial charge in [0.2, 0.25) is 10.0 Å². The molecule has 1 atom stereocenters. The first kappa shape index (κ1) is 21.6. The summed E-state index contributed by atoms with van der Waals surface area (Å²) in [4.78, 5) is 4.44. The minimum atomic E-state index is -3.55. The Bertz CT molecular complexity index is 731. The average Bonchev–Trinajstić information content (AvgIpc) is 3.09. The Morgan fingerprint density at radius 1 is 1.37 bits per heavy atom. The predicted molar refractivity (Wildman–Crippen MR) is 105 cm³/mol. The molecule has 152 valence electrons. The Hall–Kier alpha value is -1.68. The lowest BCUT2D eigenvalue weighted by molar-refractivity contribution is 0.0243. The lowest BCUT2D eigenvalue weighted by atomic mass is 10.0. The molecule has 0 bridgehead atoms. The zero-order valence-corrected chi connectivity index (χ0v) is 17.1. The number of aliphatic imine (C=N–C) groups is 1. The number of guanidine groups is 1. The van der Waals surface area contributed by atoms with Crippen LogP contribution in [0.2, 0.25) is 0 Å². The Morgan fingerprint density at radius 2 is 2.19 bits per heavy atom. The van der Waals surface area contributed by atoms with Gasteiger partial charge in [-0.3, -0.25) is 4.99 Å². The van der Waals surface area contributed by atoms with Crippen molar-refractivity contribution in [1.29, 1.82) is 0 Å². The molecule has 3 N–H and O–H groups in total. The predicted octanol–water partition coefficient (Wildman–Crippen LogP) is 0.845. The maximum atomic E-state index is 12.3. The van der Waals surface area contributed by atoms with E-state index in [2.05, 4.69) is 27.3 Å². The molecule has 1 saturated heterocycles. The Balaban J connectivity index is 1.91. The number of methoxy groups -OCH3 is 1. The van der Waals surface area contributed by atoms with Crippen molar-refractivity contribution >= 4 is 16.0 Å². The molecule has 0 aromatic heterocycles. The highest BCUT2D eigenvalue weighted by molar-refractivity contribution is 7.89. The third kappa shape index (κ3) is 6.76. The van der Waals surface area contributed by atoms with Gasteiger partial charge in [0.15, 0.2) is 5.96 Å². The van der Waals surface area contributed by atoms with Crippen LogP contribution in [0, 0.1) is 0 Å². The zero-order valence-electron chi connectivity index (χ0n) is 16.2. The van der Waals surface area contributed by atoms with E-state index in [1.807, 2.05) is 6.07 Å². The molecule has 1 unspecified atom stereocenters. The number of hydrogen-bond acceptors (Lipinski definition) is 5. The Labute approximate surface area is 161 Å². The van der Waals surface area contributed by atoms with Crippen molar-refractivity contribution in [3.8, 4) is 0 Å². The summed E-state index contributed by atoms with van der Waals surface area (Å²) < 4.78 is 37.8. The summed E-state index contributed by atoms with van der Waals surface area (Å²) in [6.45, 7) is 4.57. The van der Waals surface area contributed by atoms with Crippen molar-refractivity contribution in [3.05, 3.63) is 29.8 Å². The number of hydrogen-bond donors (Lipinski definition) is 3. The number of nitrogens with zero attached hydrogens (tertiary/aromatic N) is 1. The highest BCUT2D eigenvalue weighted by Gasteiger charge is 2.29. The topological polar surface area (TPSA) is 101 Å². The summed E-state index contributed by atoms with van der Waals surface area (Å²) in [5.41, 5.74) is 0.676. The van der Waals surface area contributed by atoms with E-state index in [4.69, 9.17) is 9.47 Å². The van der Waals surface area contributed by atoms with Crippen molar-refractivity contribution in [2.75, 3.05) is 40.5 Å². The third-order valence-corrected chi connectivity index (χ3v) is 5.88. The van der Waals surface area contributed by atoms with E-state index < -0.39 is 10.0 Å². The summed E-state index contributed by atoms with van der Waals surface area (Å²) >= 11 is 0. The normalized spacial score (nSPS) is 20.6. The number of nitrogens with one attached hydrogen (secondary N) is 3. The zero-order chi connectivity index (χ0) is 19.8. The molecule has 2 rings (SSSR count). The SMILES string of the molecule is CN=C(NCc1cccc(S(=O)(=O)NCCOC)c1)NCC1(C)CCCO1. The van der Waals surface area contributed by atoms with Gasteiger partial charge in [0, 0.05) is 40.4 Å². The van der Waals surface area contributed by atoms with Gasteiger partial charge in [0.25, 0.3) is 0 Å². The van der Waals surface area contributed by atoms with Gasteiger partial charge in [-0.15, -0.1) is 0 Å². The Kier molecular flexibility index (Phi) is 8.03. The van der Waals surface area contributed by atoms with E-state index in [0.717, 1.165) is 25.0 Å². The molecule has 8 nitrogen and oxygen atoms in total. The lowest BCUT2D eigenvalue weighted by Gasteiger charge is -2.24. The van der Waals surface area contributed by atoms with E-state index in [1.54, 1.807) is 25.2 Å². The second kappa shape index (κ2) is 10.0. The summed E-state index contributed by atoms with van der Waals surface area (Å²) in [5, 5.41) is 6.48. The first-order valence-corrected chi connectivity index (χ1v) is 10.5. The number of benzene rings is 1. The van der Waals surface area contributed by atoms with E-state index in [0.29, 0.717) is 25.7 Å². The fourth-order valence-corrected chi connectivity index (χ4v) is 3.92. The van der Waals surface area contributed by atoms with Crippen LogP contribution in [-0.4, -0.2) is 60.4 Å². The fraction of sp³-hybridized carbons (Fsp3) is 0.611. The van der Waals surface area contributed by atoms with E-state index in [1.165, 1.54) is 7.11 Å². The molecular weight excluding hydrogens is 368 g/mol. The largest absolute Gasteiger partial charge is 0.383 e. The minimum absolute atomic E-state index is 0.167. The molecular formula is C18H30N4O4S. The van der Waals surface area contributed by atoms with Gasteiger partial charge in [0.1, 0.15) is 0 Å². The molecule has 27 heavy (non-hydrogen) atoms. The first-order chi connectivity index (χ1) is 12.9. The Morgan fingerprint density at radius 3 is 2.85 bits per heavy atom. The van der Waals surface area contributed by atoms with Crippen LogP contribution in [0.5, 0.6) is 0 Å². The van der Waals surface area contributed by atoms with Crippen molar-refractivity contribution < 1.29 is 17.9 Å². The number of sulfonamides is 1. The number of ether oxygens (including phenoxy) is 2. The van der Waals surface area contributed by atoms with Gasteiger partial charge in [-0.1, -0.05) is 12.1 Å². The lowest BCUT2D eigenvalue weighted by Crippen LogP contribution is -2.45. The van der Waals surface area contributed by atoms with Crippen LogP contribution in [0.3, 0.4) is 0 Å². The molecule has 1 heterocycles. The number of rotatable bonds is 9. The molecule has 1 aromatic carbocycles. The van der Waals surface area contributed by atoms with Crippen LogP contribution >= 0.6 is 0 Å². The molecule has 0 saturated carbocycles. The minimum Gasteiger partial charge on any atom is -0.383 e. The quantitative estimate of drug-likeness (QED) is 0.324. The maximum absolute atomic E-state index is 12.3. The molecule has 1 aliphatic rings. The average molecular weight is 399 g/mol. The van der Waals surface area contributed by atoms with E-state index in [-0.39, 0.29) is 17.0 Å². The van der Waals surface area contributed by atoms with Crippen LogP contribution in [-0.2, 0) is 26.0 Å². The molecule has 0 spiro atoms. The summed E-state index contributed by atoms with van der Waals surface area (Å²) in [6.07, 6.45) is 2.09. The van der Waals surface area contributed by atoms with Crippen LogP contribution in [0.1, 0.15) is 25.3 Å². The van der Waals surface area contributed by atoms with Crippen LogP contribution in [0.15, 0.2) is 34.2 Å². The van der Waals surface area contributed by atoms with Gasteiger partial charge in [-0.2, -0.15) is 0 Å². The highest BCUT2D eigenvalue weighted by atomic mass is 32.2. The van der Waals surface area contributed by atoms with Gasteiger partial charge >= 0.3 is 0 Å². The summed E-state index contributed by atoms with van der Waals surface area (Å²) in [6, 6.07) is 6.82. The molecule has 1 aromatic rings. The van der Waals surface area contributed by atoms with Crippen molar-refractivity contribution in [3.63, 3.8) is 0 Å². The van der Waals surface area contributed by atoms with Crippen LogP contribution in [0.4, 0.5) is 0 Å². The maximum Gasteiger partial charge on any atom is 0.240 e. The van der Waals surface area contributed by atoms with Crippen LogP contribution < -0.4 is 15.4 Å². The molecule has 1 aliphatic heterocycles. The molecule has 1 fully saturated rings. The van der Waals surface area contributed by atoms with Gasteiger partial charge in [0.05, 0.1) is 17.1 Å². The van der Waals surface area contributed by atoms with Crippen molar-refractivity contribution in [2.45, 2.75) is 36.8 Å². The molecule has 0 aliphatic carbocycles. The molecule has 0 amide bonds. The molecule has 9 heteroatoms. The summed E-state index contributed by atoms with van der Waals surface area (Å²) in [5.74, 6) is 0.651. The second-order valence-corrected chi connectivity index (χ2v) is 8.49. The van der Waals surface area contributed by atoms with Gasteiger partial charge in [-0.05, 0) is 37.5 Å².